The van der Waals surface area contributed by atoms with Crippen LogP contribution < -0.4 is 10.6 Å². The van der Waals surface area contributed by atoms with E-state index in [1.54, 1.807) is 0 Å². The first-order valence-electron chi connectivity index (χ1n) is 6.91. The summed E-state index contributed by atoms with van der Waals surface area (Å²) in [6.45, 7) is 2.82. The summed E-state index contributed by atoms with van der Waals surface area (Å²) >= 11 is 0. The van der Waals surface area contributed by atoms with Crippen molar-refractivity contribution in [2.45, 2.75) is 44.6 Å². The summed E-state index contributed by atoms with van der Waals surface area (Å²) in [4.78, 5) is 11.6. The molecular formula is C13H25ClN2O2. The SMILES string of the molecule is Cl.O=C(CCC1CCNC1)NCC1CCCC1O. The van der Waals surface area contributed by atoms with Gasteiger partial charge in [-0.15, -0.1) is 12.4 Å². The van der Waals surface area contributed by atoms with Crippen LogP contribution in [0, 0.1) is 11.8 Å². The maximum atomic E-state index is 11.6. The number of carbonyl (C=O) groups excluding carboxylic acids is 1. The van der Waals surface area contributed by atoms with Gasteiger partial charge in [-0.25, -0.2) is 0 Å². The first-order valence-corrected chi connectivity index (χ1v) is 6.91. The molecule has 18 heavy (non-hydrogen) atoms. The highest BCUT2D eigenvalue weighted by Crippen LogP contribution is 2.24. The summed E-state index contributed by atoms with van der Waals surface area (Å²) in [5, 5.41) is 15.9. The van der Waals surface area contributed by atoms with Crippen molar-refractivity contribution in [1.82, 2.24) is 10.6 Å². The zero-order valence-corrected chi connectivity index (χ0v) is 11.7. The van der Waals surface area contributed by atoms with E-state index in [-0.39, 0.29) is 30.3 Å². The number of halogens is 1. The Morgan fingerprint density at radius 2 is 2.17 bits per heavy atom. The lowest BCUT2D eigenvalue weighted by molar-refractivity contribution is -0.121. The summed E-state index contributed by atoms with van der Waals surface area (Å²) in [5.41, 5.74) is 0. The van der Waals surface area contributed by atoms with Crippen LogP contribution in [0.2, 0.25) is 0 Å². The van der Waals surface area contributed by atoms with Crippen LogP contribution in [-0.2, 0) is 4.79 Å². The van der Waals surface area contributed by atoms with Crippen molar-refractivity contribution in [3.05, 3.63) is 0 Å². The standard InChI is InChI=1S/C13H24N2O2.ClH/c16-12-3-1-2-11(12)9-15-13(17)5-4-10-6-7-14-8-10;/h10-12,14,16H,1-9H2,(H,15,17);1H. The molecule has 3 N–H and O–H groups in total. The molecule has 0 spiro atoms. The van der Waals surface area contributed by atoms with Gasteiger partial charge in [0, 0.05) is 18.9 Å². The van der Waals surface area contributed by atoms with Gasteiger partial charge in [-0.05, 0) is 44.7 Å². The van der Waals surface area contributed by atoms with Crippen molar-refractivity contribution < 1.29 is 9.90 Å². The molecule has 0 aromatic heterocycles. The predicted octanol–water partition coefficient (Wildman–Crippen LogP) is 1.08. The van der Waals surface area contributed by atoms with Gasteiger partial charge in [0.2, 0.25) is 5.91 Å². The third-order valence-corrected chi connectivity index (χ3v) is 4.12. The van der Waals surface area contributed by atoms with E-state index in [2.05, 4.69) is 10.6 Å². The molecule has 3 atom stereocenters. The largest absolute Gasteiger partial charge is 0.393 e. The number of hydrogen-bond acceptors (Lipinski definition) is 3. The summed E-state index contributed by atoms with van der Waals surface area (Å²) in [6.07, 6.45) is 5.67. The Balaban J connectivity index is 0.00000162. The molecule has 2 rings (SSSR count). The molecular weight excluding hydrogens is 252 g/mol. The van der Waals surface area contributed by atoms with Gasteiger partial charge >= 0.3 is 0 Å². The second-order valence-corrected chi connectivity index (χ2v) is 5.46. The quantitative estimate of drug-likeness (QED) is 0.704. The van der Waals surface area contributed by atoms with Gasteiger partial charge in [0.25, 0.3) is 0 Å². The van der Waals surface area contributed by atoms with Gasteiger partial charge in [0.1, 0.15) is 0 Å². The first kappa shape index (κ1) is 15.7. The Morgan fingerprint density at radius 3 is 2.78 bits per heavy atom. The van der Waals surface area contributed by atoms with Crippen molar-refractivity contribution >= 4 is 18.3 Å². The van der Waals surface area contributed by atoms with E-state index in [1.807, 2.05) is 0 Å². The van der Waals surface area contributed by atoms with Crippen LogP contribution in [0.3, 0.4) is 0 Å². The number of aliphatic hydroxyl groups excluding tert-OH is 1. The lowest BCUT2D eigenvalue weighted by atomic mass is 10.0. The Bertz CT molecular complexity index is 257. The van der Waals surface area contributed by atoms with Crippen LogP contribution in [-0.4, -0.2) is 36.8 Å². The molecule has 1 heterocycles. The minimum Gasteiger partial charge on any atom is -0.393 e. The Kier molecular flexibility index (Phi) is 6.97. The molecule has 0 bridgehead atoms. The van der Waals surface area contributed by atoms with Crippen molar-refractivity contribution in [1.29, 1.82) is 0 Å². The zero-order valence-electron chi connectivity index (χ0n) is 10.9. The second-order valence-electron chi connectivity index (χ2n) is 5.46. The smallest absolute Gasteiger partial charge is 0.220 e. The zero-order chi connectivity index (χ0) is 12.1. The fourth-order valence-electron chi connectivity index (χ4n) is 2.88. The summed E-state index contributed by atoms with van der Waals surface area (Å²) < 4.78 is 0. The van der Waals surface area contributed by atoms with Crippen molar-refractivity contribution in [2.24, 2.45) is 11.8 Å². The van der Waals surface area contributed by atoms with E-state index in [9.17, 15) is 9.90 Å². The van der Waals surface area contributed by atoms with Gasteiger partial charge in [-0.2, -0.15) is 0 Å². The third kappa shape index (κ3) is 4.75. The van der Waals surface area contributed by atoms with Gasteiger partial charge < -0.3 is 15.7 Å². The fraction of sp³-hybridized carbons (Fsp3) is 0.923. The van der Waals surface area contributed by atoms with Crippen LogP contribution in [0.1, 0.15) is 38.5 Å². The average Bonchev–Trinajstić information content (AvgIpc) is 2.95. The monoisotopic (exact) mass is 276 g/mol. The van der Waals surface area contributed by atoms with Gasteiger partial charge in [-0.1, -0.05) is 6.42 Å². The number of hydrogen-bond donors (Lipinski definition) is 3. The topological polar surface area (TPSA) is 61.4 Å². The molecule has 0 radical (unpaired) electrons. The van der Waals surface area contributed by atoms with Crippen molar-refractivity contribution in [3.8, 4) is 0 Å². The molecule has 1 amide bonds. The highest BCUT2D eigenvalue weighted by molar-refractivity contribution is 5.85. The molecule has 1 saturated heterocycles. The van der Waals surface area contributed by atoms with Gasteiger partial charge in [0.15, 0.2) is 0 Å². The lowest BCUT2D eigenvalue weighted by Gasteiger charge is -2.15. The van der Waals surface area contributed by atoms with E-state index >= 15 is 0 Å². The average molecular weight is 277 g/mol. The van der Waals surface area contributed by atoms with E-state index in [1.165, 1.54) is 6.42 Å². The number of nitrogens with one attached hydrogen (secondary N) is 2. The van der Waals surface area contributed by atoms with E-state index in [4.69, 9.17) is 0 Å². The summed E-state index contributed by atoms with van der Waals surface area (Å²) in [7, 11) is 0. The molecule has 2 fully saturated rings. The van der Waals surface area contributed by atoms with E-state index in [0.717, 1.165) is 38.8 Å². The van der Waals surface area contributed by atoms with Gasteiger partial charge in [-0.3, -0.25) is 4.79 Å². The van der Waals surface area contributed by atoms with Gasteiger partial charge in [0.05, 0.1) is 6.10 Å². The molecule has 5 heteroatoms. The van der Waals surface area contributed by atoms with Crippen LogP contribution in [0.4, 0.5) is 0 Å². The van der Waals surface area contributed by atoms with Crippen LogP contribution >= 0.6 is 12.4 Å². The fourth-order valence-corrected chi connectivity index (χ4v) is 2.88. The number of rotatable bonds is 5. The first-order chi connectivity index (χ1) is 8.25. The Hall–Kier alpha value is -0.320. The maximum absolute atomic E-state index is 11.6. The molecule has 2 aliphatic rings. The van der Waals surface area contributed by atoms with Crippen molar-refractivity contribution in [2.75, 3.05) is 19.6 Å². The molecule has 4 nitrogen and oxygen atoms in total. The molecule has 3 unspecified atom stereocenters. The number of carbonyl (C=O) groups is 1. The maximum Gasteiger partial charge on any atom is 0.220 e. The molecule has 1 aliphatic heterocycles. The minimum absolute atomic E-state index is 0. The lowest BCUT2D eigenvalue weighted by Crippen LogP contribution is -2.32. The van der Waals surface area contributed by atoms with E-state index in [0.29, 0.717) is 18.9 Å². The number of amides is 1. The highest BCUT2D eigenvalue weighted by Gasteiger charge is 2.25. The van der Waals surface area contributed by atoms with Crippen LogP contribution in [0.25, 0.3) is 0 Å². The molecule has 106 valence electrons. The molecule has 0 aromatic rings. The number of aliphatic hydroxyl groups is 1. The normalized spacial score (nSPS) is 31.1. The molecule has 1 aliphatic carbocycles. The second kappa shape index (κ2) is 7.97. The Labute approximate surface area is 115 Å². The van der Waals surface area contributed by atoms with Crippen LogP contribution in [0.5, 0.6) is 0 Å². The van der Waals surface area contributed by atoms with E-state index < -0.39 is 0 Å². The molecule has 0 aromatic carbocycles. The third-order valence-electron chi connectivity index (χ3n) is 4.12. The molecule has 1 saturated carbocycles. The van der Waals surface area contributed by atoms with Crippen molar-refractivity contribution in [3.63, 3.8) is 0 Å². The minimum atomic E-state index is -0.200. The Morgan fingerprint density at radius 1 is 1.33 bits per heavy atom. The summed E-state index contributed by atoms with van der Waals surface area (Å²) in [6, 6.07) is 0. The van der Waals surface area contributed by atoms with Crippen LogP contribution in [0.15, 0.2) is 0 Å². The summed E-state index contributed by atoms with van der Waals surface area (Å²) in [5.74, 6) is 1.11. The highest BCUT2D eigenvalue weighted by atomic mass is 35.5. The predicted molar refractivity (Wildman–Crippen MR) is 73.8 cm³/mol.